The number of carbonyl (C=O) groups excluding carboxylic acids is 1. The first-order valence-corrected chi connectivity index (χ1v) is 7.96. The van der Waals surface area contributed by atoms with Crippen LogP contribution in [0.1, 0.15) is 15.4 Å². The molecule has 0 atom stereocenters. The highest BCUT2D eigenvalue weighted by molar-refractivity contribution is 7.22. The summed E-state index contributed by atoms with van der Waals surface area (Å²) in [7, 11) is 0. The fourth-order valence-corrected chi connectivity index (χ4v) is 3.94. The summed E-state index contributed by atoms with van der Waals surface area (Å²) in [5, 5.41) is 6.24. The zero-order valence-electron chi connectivity index (χ0n) is 11.1. The van der Waals surface area contributed by atoms with Gasteiger partial charge in [-0.1, -0.05) is 6.07 Å². The van der Waals surface area contributed by atoms with Crippen molar-refractivity contribution in [3.05, 3.63) is 28.1 Å². The number of halogens is 1. The largest absolute Gasteiger partial charge is 0.335 e. The molecule has 0 radical (unpaired) electrons. The van der Waals surface area contributed by atoms with Gasteiger partial charge in [0.05, 0.1) is 10.6 Å². The lowest BCUT2D eigenvalue weighted by Crippen LogP contribution is -2.46. The molecule has 0 bridgehead atoms. The number of amides is 1. The predicted molar refractivity (Wildman–Crippen MR) is 86.2 cm³/mol. The molecule has 20 heavy (non-hydrogen) atoms. The number of thiophene rings is 1. The minimum Gasteiger partial charge on any atom is -0.335 e. The minimum absolute atomic E-state index is 0. The Balaban J connectivity index is 0.00000147. The number of aromatic nitrogens is 1. The maximum atomic E-state index is 12.5. The Kier molecular flexibility index (Phi) is 5.15. The molecule has 0 aliphatic carbocycles. The Labute approximate surface area is 132 Å². The van der Waals surface area contributed by atoms with Gasteiger partial charge in [-0.25, -0.2) is 4.98 Å². The Morgan fingerprint density at radius 3 is 2.80 bits per heavy atom. The molecule has 2 aromatic rings. The van der Waals surface area contributed by atoms with Crippen LogP contribution in [-0.4, -0.2) is 42.0 Å². The molecule has 0 spiro atoms. The van der Waals surface area contributed by atoms with Gasteiger partial charge in [-0.3, -0.25) is 4.79 Å². The summed E-state index contributed by atoms with van der Waals surface area (Å²) in [6.45, 7) is 5.24. The van der Waals surface area contributed by atoms with Crippen molar-refractivity contribution in [1.29, 1.82) is 0 Å². The maximum absolute atomic E-state index is 12.5. The van der Waals surface area contributed by atoms with E-state index < -0.39 is 0 Å². The van der Waals surface area contributed by atoms with Gasteiger partial charge in [-0.15, -0.1) is 35.1 Å². The minimum atomic E-state index is 0. The lowest BCUT2D eigenvalue weighted by atomic mass is 10.3. The zero-order valence-corrected chi connectivity index (χ0v) is 13.5. The molecular weight excluding hydrogens is 314 g/mol. The summed E-state index contributed by atoms with van der Waals surface area (Å²) in [5.41, 5.74) is 0.844. The van der Waals surface area contributed by atoms with Crippen LogP contribution in [0.25, 0.3) is 9.88 Å². The number of nitrogens with one attached hydrogen (secondary N) is 1. The molecule has 1 N–H and O–H groups in total. The number of hydrogen-bond donors (Lipinski definition) is 1. The van der Waals surface area contributed by atoms with Crippen LogP contribution in [0.3, 0.4) is 0 Å². The third kappa shape index (κ3) is 3.03. The first-order valence-electron chi connectivity index (χ1n) is 6.27. The van der Waals surface area contributed by atoms with Crippen molar-refractivity contribution in [3.63, 3.8) is 0 Å². The van der Waals surface area contributed by atoms with E-state index in [4.69, 9.17) is 0 Å². The third-order valence-corrected chi connectivity index (χ3v) is 5.31. The zero-order chi connectivity index (χ0) is 13.2. The Bertz CT molecular complexity index is 576. The summed E-state index contributed by atoms with van der Waals surface area (Å²) >= 11 is 3.17. The summed E-state index contributed by atoms with van der Waals surface area (Å²) < 4.78 is 0. The van der Waals surface area contributed by atoms with Gasteiger partial charge >= 0.3 is 0 Å². The summed E-state index contributed by atoms with van der Waals surface area (Å²) in [6.07, 6.45) is 0. The van der Waals surface area contributed by atoms with Gasteiger partial charge < -0.3 is 10.2 Å². The summed E-state index contributed by atoms with van der Waals surface area (Å²) in [6, 6.07) is 4.05. The van der Waals surface area contributed by atoms with Crippen molar-refractivity contribution < 1.29 is 4.79 Å². The number of piperazine rings is 1. The number of rotatable bonds is 2. The maximum Gasteiger partial charge on any atom is 0.265 e. The van der Waals surface area contributed by atoms with E-state index >= 15 is 0 Å². The second-order valence-corrected chi connectivity index (χ2v) is 6.40. The molecular formula is C13H16ClN3OS2. The van der Waals surface area contributed by atoms with Gasteiger partial charge in [-0.2, -0.15) is 0 Å². The average molecular weight is 330 g/mol. The SMILES string of the molecule is Cc1nc(-c2cccs2)sc1C(=O)N1CCNCC1.Cl. The third-order valence-electron chi connectivity index (χ3n) is 3.13. The normalized spacial score (nSPS) is 14.9. The van der Waals surface area contributed by atoms with Gasteiger partial charge in [0.25, 0.3) is 5.91 Å². The number of thiazole rings is 1. The van der Waals surface area contributed by atoms with Crippen molar-refractivity contribution in [1.82, 2.24) is 15.2 Å². The molecule has 3 rings (SSSR count). The van der Waals surface area contributed by atoms with Crippen molar-refractivity contribution in [2.24, 2.45) is 0 Å². The van der Waals surface area contributed by atoms with E-state index in [2.05, 4.69) is 10.3 Å². The van der Waals surface area contributed by atoms with Crippen LogP contribution in [0.5, 0.6) is 0 Å². The van der Waals surface area contributed by atoms with Gasteiger partial charge in [0.15, 0.2) is 0 Å². The molecule has 0 aromatic carbocycles. The standard InChI is InChI=1S/C13H15N3OS2.ClH/c1-9-11(13(17)16-6-4-14-5-7-16)19-12(15-9)10-3-2-8-18-10;/h2-3,8,14H,4-7H2,1H3;1H. The first-order chi connectivity index (χ1) is 9.25. The van der Waals surface area contributed by atoms with Crippen molar-refractivity contribution in [2.75, 3.05) is 26.2 Å². The highest BCUT2D eigenvalue weighted by Gasteiger charge is 2.23. The van der Waals surface area contributed by atoms with E-state index in [-0.39, 0.29) is 18.3 Å². The Hall–Kier alpha value is -0.950. The fraction of sp³-hybridized carbons (Fsp3) is 0.385. The molecule has 2 aromatic heterocycles. The number of hydrogen-bond acceptors (Lipinski definition) is 5. The quantitative estimate of drug-likeness (QED) is 0.921. The van der Waals surface area contributed by atoms with Crippen LogP contribution < -0.4 is 5.32 Å². The first kappa shape index (κ1) is 15.4. The van der Waals surface area contributed by atoms with E-state index in [1.54, 1.807) is 11.3 Å². The Morgan fingerprint density at radius 2 is 2.15 bits per heavy atom. The monoisotopic (exact) mass is 329 g/mol. The number of aryl methyl sites for hydroxylation is 1. The van der Waals surface area contributed by atoms with Gasteiger partial charge in [0, 0.05) is 26.2 Å². The molecule has 108 valence electrons. The van der Waals surface area contributed by atoms with Crippen LogP contribution in [0.4, 0.5) is 0 Å². The number of carbonyl (C=O) groups is 1. The molecule has 1 fully saturated rings. The number of nitrogens with zero attached hydrogens (tertiary/aromatic N) is 2. The topological polar surface area (TPSA) is 45.2 Å². The highest BCUT2D eigenvalue weighted by Crippen LogP contribution is 2.31. The average Bonchev–Trinajstić information content (AvgIpc) is 3.08. The second kappa shape index (κ2) is 6.67. The van der Waals surface area contributed by atoms with Gasteiger partial charge in [0.2, 0.25) is 0 Å². The molecule has 1 amide bonds. The van der Waals surface area contributed by atoms with Crippen LogP contribution in [0.15, 0.2) is 17.5 Å². The second-order valence-electron chi connectivity index (χ2n) is 4.45. The van der Waals surface area contributed by atoms with Crippen molar-refractivity contribution in [2.45, 2.75) is 6.92 Å². The van der Waals surface area contributed by atoms with E-state index in [9.17, 15) is 4.79 Å². The Morgan fingerprint density at radius 1 is 1.40 bits per heavy atom. The summed E-state index contributed by atoms with van der Waals surface area (Å²) in [4.78, 5) is 20.8. The van der Waals surface area contributed by atoms with Crippen LogP contribution in [-0.2, 0) is 0 Å². The molecule has 3 heterocycles. The molecule has 1 aliphatic rings. The lowest BCUT2D eigenvalue weighted by Gasteiger charge is -2.26. The van der Waals surface area contributed by atoms with Crippen LogP contribution in [0, 0.1) is 6.92 Å². The van der Waals surface area contributed by atoms with Crippen LogP contribution in [0.2, 0.25) is 0 Å². The van der Waals surface area contributed by atoms with Gasteiger partial charge in [0.1, 0.15) is 9.88 Å². The van der Waals surface area contributed by atoms with E-state index in [0.29, 0.717) is 0 Å². The van der Waals surface area contributed by atoms with Gasteiger partial charge in [-0.05, 0) is 18.4 Å². The molecule has 1 aliphatic heterocycles. The highest BCUT2D eigenvalue weighted by atomic mass is 35.5. The summed E-state index contributed by atoms with van der Waals surface area (Å²) in [5.74, 6) is 0.124. The molecule has 7 heteroatoms. The van der Waals surface area contributed by atoms with E-state index in [0.717, 1.165) is 46.6 Å². The molecule has 0 saturated carbocycles. The molecule has 1 saturated heterocycles. The van der Waals surface area contributed by atoms with E-state index in [1.165, 1.54) is 11.3 Å². The van der Waals surface area contributed by atoms with Crippen molar-refractivity contribution >= 4 is 41.0 Å². The van der Waals surface area contributed by atoms with E-state index in [1.807, 2.05) is 29.3 Å². The smallest absolute Gasteiger partial charge is 0.265 e. The predicted octanol–water partition coefficient (Wildman–Crippen LogP) is 2.65. The lowest BCUT2D eigenvalue weighted by molar-refractivity contribution is 0.0740. The molecule has 0 unspecified atom stereocenters. The van der Waals surface area contributed by atoms with Crippen LogP contribution >= 0.6 is 35.1 Å². The fourth-order valence-electron chi connectivity index (χ4n) is 2.11. The van der Waals surface area contributed by atoms with Crippen molar-refractivity contribution in [3.8, 4) is 9.88 Å². The molecule has 4 nitrogen and oxygen atoms in total.